The maximum absolute atomic E-state index is 13.8. The van der Waals surface area contributed by atoms with E-state index in [-0.39, 0.29) is 18.6 Å². The van der Waals surface area contributed by atoms with Crippen LogP contribution in [-0.4, -0.2) is 106 Å². The summed E-state index contributed by atoms with van der Waals surface area (Å²) in [6.45, 7) is 11.3. The number of nitrogens with zero attached hydrogens (tertiary/aromatic N) is 4. The first-order chi connectivity index (χ1) is 20.2. The number of thiophene rings is 1. The van der Waals surface area contributed by atoms with E-state index in [9.17, 15) is 13.2 Å². The Morgan fingerprint density at radius 2 is 1.76 bits per heavy atom. The molecule has 0 saturated carbocycles. The van der Waals surface area contributed by atoms with Crippen molar-refractivity contribution >= 4 is 27.3 Å². The molecular formula is C31H46N4O5S2. The number of amides is 1. The summed E-state index contributed by atoms with van der Waals surface area (Å²) < 4.78 is 40.4. The summed E-state index contributed by atoms with van der Waals surface area (Å²) in [7, 11) is 0.102. The molecule has 2 fully saturated rings. The van der Waals surface area contributed by atoms with Crippen molar-refractivity contribution in [2.45, 2.75) is 70.0 Å². The van der Waals surface area contributed by atoms with Crippen LogP contribution < -0.4 is 4.74 Å². The summed E-state index contributed by atoms with van der Waals surface area (Å²) in [5.41, 5.74) is 2.66. The Morgan fingerprint density at radius 1 is 1.02 bits per heavy atom. The van der Waals surface area contributed by atoms with Gasteiger partial charge in [-0.3, -0.25) is 9.69 Å². The molecule has 0 radical (unpaired) electrons. The van der Waals surface area contributed by atoms with Crippen molar-refractivity contribution in [3.8, 4) is 5.75 Å². The van der Waals surface area contributed by atoms with Gasteiger partial charge in [-0.15, -0.1) is 11.3 Å². The molecule has 1 atom stereocenters. The molecule has 1 aromatic heterocycles. The lowest BCUT2D eigenvalue weighted by atomic mass is 10.0. The number of hydrogen-bond acceptors (Lipinski definition) is 8. The third-order valence-electron chi connectivity index (χ3n) is 8.88. The summed E-state index contributed by atoms with van der Waals surface area (Å²) in [6.07, 6.45) is 4.11. The number of rotatable bonds is 10. The zero-order valence-corrected chi connectivity index (χ0v) is 27.2. The monoisotopic (exact) mass is 618 g/mol. The zero-order chi connectivity index (χ0) is 29.9. The molecule has 1 amide bonds. The minimum absolute atomic E-state index is 0.00470. The number of carbonyl (C=O) groups excluding carboxylic acids is 1. The Morgan fingerprint density at radius 3 is 2.48 bits per heavy atom. The third kappa shape index (κ3) is 7.19. The number of likely N-dealkylation sites (N-methyl/N-ethyl adjacent to an activating group) is 1. The van der Waals surface area contributed by atoms with Gasteiger partial charge >= 0.3 is 0 Å². The fourth-order valence-electron chi connectivity index (χ4n) is 6.51. The average Bonchev–Trinajstić information content (AvgIpc) is 3.37. The Kier molecular flexibility index (Phi) is 10.3. The second-order valence-electron chi connectivity index (χ2n) is 12.0. The predicted molar refractivity (Wildman–Crippen MR) is 166 cm³/mol. The number of methoxy groups -OCH3 is 1. The molecule has 4 heterocycles. The van der Waals surface area contributed by atoms with Gasteiger partial charge in [0.2, 0.25) is 15.9 Å². The van der Waals surface area contributed by atoms with E-state index in [1.807, 2.05) is 30.1 Å². The second kappa shape index (κ2) is 13.7. The Hall–Kier alpha value is -2.02. The summed E-state index contributed by atoms with van der Waals surface area (Å²) >= 11 is 1.90. The van der Waals surface area contributed by atoms with E-state index in [0.717, 1.165) is 65.0 Å². The van der Waals surface area contributed by atoms with Gasteiger partial charge in [-0.25, -0.2) is 8.42 Å². The first-order valence-corrected chi connectivity index (χ1v) is 17.5. The average molecular weight is 619 g/mol. The normalized spacial score (nSPS) is 21.0. The van der Waals surface area contributed by atoms with Gasteiger partial charge in [-0.1, -0.05) is 6.42 Å². The van der Waals surface area contributed by atoms with Crippen LogP contribution in [0.15, 0.2) is 23.1 Å². The van der Waals surface area contributed by atoms with E-state index < -0.39 is 10.0 Å². The van der Waals surface area contributed by atoms with Crippen LogP contribution in [-0.2, 0) is 39.1 Å². The summed E-state index contributed by atoms with van der Waals surface area (Å²) in [5, 5.41) is 0. The van der Waals surface area contributed by atoms with Gasteiger partial charge in [0.05, 0.1) is 12.0 Å². The topological polar surface area (TPSA) is 82.6 Å². The first kappa shape index (κ1) is 31.4. The lowest BCUT2D eigenvalue weighted by molar-refractivity contribution is -0.137. The highest BCUT2D eigenvalue weighted by Gasteiger charge is 2.35. The highest BCUT2D eigenvalue weighted by Crippen LogP contribution is 2.33. The van der Waals surface area contributed by atoms with Crippen LogP contribution in [0.2, 0.25) is 0 Å². The molecule has 2 aromatic rings. The molecule has 11 heteroatoms. The highest BCUT2D eigenvalue weighted by molar-refractivity contribution is 7.89. The fourth-order valence-corrected chi connectivity index (χ4v) is 9.87. The van der Waals surface area contributed by atoms with Gasteiger partial charge in [-0.05, 0) is 81.5 Å². The van der Waals surface area contributed by atoms with E-state index in [1.54, 1.807) is 23.5 Å². The molecule has 1 aromatic carbocycles. The van der Waals surface area contributed by atoms with Crippen LogP contribution in [0.25, 0.3) is 0 Å². The Balaban J connectivity index is 1.12. The molecule has 5 rings (SSSR count). The molecule has 0 aliphatic carbocycles. The Labute approximate surface area is 255 Å². The number of fused-ring (bicyclic) bond motifs is 1. The number of hydrogen-bond donors (Lipinski definition) is 0. The fraction of sp³-hybridized carbons (Fsp3) is 0.645. The number of carbonyl (C=O) groups is 1. The summed E-state index contributed by atoms with van der Waals surface area (Å²) in [4.78, 5) is 23.0. The van der Waals surface area contributed by atoms with Gasteiger partial charge in [0.15, 0.2) is 0 Å². The van der Waals surface area contributed by atoms with Crippen molar-refractivity contribution in [1.29, 1.82) is 0 Å². The van der Waals surface area contributed by atoms with Crippen molar-refractivity contribution in [2.75, 3.05) is 66.6 Å². The molecular weight excluding hydrogens is 572 g/mol. The van der Waals surface area contributed by atoms with Crippen LogP contribution in [0.3, 0.4) is 0 Å². The maximum Gasteiger partial charge on any atom is 0.248 e. The van der Waals surface area contributed by atoms with Gasteiger partial charge < -0.3 is 19.3 Å². The zero-order valence-electron chi connectivity index (χ0n) is 25.6. The van der Waals surface area contributed by atoms with Crippen LogP contribution in [0.4, 0.5) is 0 Å². The van der Waals surface area contributed by atoms with E-state index in [2.05, 4.69) is 22.9 Å². The lowest BCUT2D eigenvalue weighted by Crippen LogP contribution is -2.44. The second-order valence-corrected chi connectivity index (χ2v) is 15.1. The van der Waals surface area contributed by atoms with E-state index in [0.29, 0.717) is 47.9 Å². The van der Waals surface area contributed by atoms with Crippen molar-refractivity contribution in [3.05, 3.63) is 44.6 Å². The molecule has 0 bridgehead atoms. The number of aryl methyl sites for hydroxylation is 2. The molecule has 1 unspecified atom stereocenters. The first-order valence-electron chi connectivity index (χ1n) is 15.2. The molecule has 9 nitrogen and oxygen atoms in total. The van der Waals surface area contributed by atoms with Crippen LogP contribution in [0, 0.1) is 13.8 Å². The van der Waals surface area contributed by atoms with Gasteiger partial charge in [0, 0.05) is 74.8 Å². The summed E-state index contributed by atoms with van der Waals surface area (Å²) in [6, 6.07) is 5.72. The number of piperidine rings is 1. The van der Waals surface area contributed by atoms with Gasteiger partial charge in [-0.2, -0.15) is 4.31 Å². The van der Waals surface area contributed by atoms with E-state index in [1.165, 1.54) is 15.3 Å². The van der Waals surface area contributed by atoms with E-state index in [4.69, 9.17) is 9.47 Å². The molecule has 232 valence electrons. The lowest BCUT2D eigenvalue weighted by Gasteiger charge is -2.35. The van der Waals surface area contributed by atoms with Crippen molar-refractivity contribution < 1.29 is 22.7 Å². The van der Waals surface area contributed by atoms with E-state index >= 15 is 0 Å². The number of ether oxygens (including phenoxy) is 2. The molecule has 0 N–H and O–H groups in total. The van der Waals surface area contributed by atoms with Crippen LogP contribution in [0.1, 0.15) is 52.1 Å². The van der Waals surface area contributed by atoms with Gasteiger partial charge in [0.25, 0.3) is 0 Å². The smallest absolute Gasteiger partial charge is 0.248 e. The largest absolute Gasteiger partial charge is 0.497 e. The number of benzene rings is 1. The third-order valence-corrected chi connectivity index (χ3v) is 12.4. The SMILES string of the molecule is COc1cc(C)c(S(=O)(=O)N2CCCCC2CCOCC(=O)N2CCc3sc(CN4CCN(C)CC4)cc3C2)c(C)c1. The standard InChI is InChI=1S/C31H46N4O5S2/c1-23-17-27(39-4)18-24(2)31(23)42(37,38)35-10-6-5-7-26(35)9-16-40-22-30(36)34-11-8-29-25(20-34)19-28(41-29)21-33-14-12-32(3)13-15-33/h17-19,26H,5-16,20-22H2,1-4H3. The van der Waals surface area contributed by atoms with Crippen molar-refractivity contribution in [2.24, 2.45) is 0 Å². The van der Waals surface area contributed by atoms with Crippen LogP contribution in [0.5, 0.6) is 5.75 Å². The molecule has 42 heavy (non-hydrogen) atoms. The van der Waals surface area contributed by atoms with Gasteiger partial charge in [0.1, 0.15) is 12.4 Å². The van der Waals surface area contributed by atoms with Crippen LogP contribution >= 0.6 is 11.3 Å². The Bertz CT molecular complexity index is 1330. The summed E-state index contributed by atoms with van der Waals surface area (Å²) in [5.74, 6) is 0.664. The number of sulfonamides is 1. The molecule has 0 spiro atoms. The molecule has 3 aliphatic rings. The van der Waals surface area contributed by atoms with Crippen molar-refractivity contribution in [1.82, 2.24) is 19.0 Å². The number of piperazine rings is 1. The predicted octanol–water partition coefficient (Wildman–Crippen LogP) is 3.66. The minimum Gasteiger partial charge on any atom is -0.497 e. The molecule has 2 saturated heterocycles. The quantitative estimate of drug-likeness (QED) is 0.376. The highest BCUT2D eigenvalue weighted by atomic mass is 32.2. The minimum atomic E-state index is -3.66. The van der Waals surface area contributed by atoms with Crippen molar-refractivity contribution in [3.63, 3.8) is 0 Å². The molecule has 3 aliphatic heterocycles. The maximum atomic E-state index is 13.8.